The third kappa shape index (κ3) is 4.62. The normalized spacial score (nSPS) is 15.2. The number of fused-ring (bicyclic) bond motifs is 1. The zero-order chi connectivity index (χ0) is 25.4. The summed E-state index contributed by atoms with van der Waals surface area (Å²) in [4.78, 5) is 8.62. The lowest BCUT2D eigenvalue weighted by Gasteiger charge is -2.37. The highest BCUT2D eigenvalue weighted by molar-refractivity contribution is 5.97. The summed E-state index contributed by atoms with van der Waals surface area (Å²) in [6.45, 7) is 1.41. The fraction of sp³-hybridized carbons (Fsp3) is 0.360. The molecular formula is C25H25F4N7. The Morgan fingerprint density at radius 3 is 2.53 bits per heavy atom. The predicted octanol–water partition coefficient (Wildman–Crippen LogP) is 4.68. The van der Waals surface area contributed by atoms with Gasteiger partial charge < -0.3 is 4.90 Å². The Labute approximate surface area is 205 Å². The lowest BCUT2D eigenvalue weighted by molar-refractivity contribution is -0.138. The van der Waals surface area contributed by atoms with Gasteiger partial charge in [0.2, 0.25) is 0 Å². The second-order valence-corrected chi connectivity index (χ2v) is 9.04. The monoisotopic (exact) mass is 499 g/mol. The van der Waals surface area contributed by atoms with Crippen LogP contribution in [0.1, 0.15) is 24.0 Å². The van der Waals surface area contributed by atoms with Crippen LogP contribution in [0.3, 0.4) is 0 Å². The molecule has 0 N–H and O–H groups in total. The number of halogens is 4. The molecule has 0 unspecified atom stereocenters. The van der Waals surface area contributed by atoms with Gasteiger partial charge in [0.25, 0.3) is 0 Å². The first kappa shape index (κ1) is 24.1. The molecule has 0 spiro atoms. The van der Waals surface area contributed by atoms with Crippen LogP contribution < -0.4 is 4.90 Å². The molecule has 0 amide bonds. The molecule has 0 bridgehead atoms. The van der Waals surface area contributed by atoms with Crippen molar-refractivity contribution in [3.8, 4) is 11.4 Å². The number of hydrogen-bond donors (Lipinski definition) is 0. The van der Waals surface area contributed by atoms with Gasteiger partial charge >= 0.3 is 6.18 Å². The van der Waals surface area contributed by atoms with Crippen LogP contribution in [0.15, 0.2) is 48.8 Å². The van der Waals surface area contributed by atoms with Gasteiger partial charge in [-0.1, -0.05) is 6.07 Å². The highest BCUT2D eigenvalue weighted by Gasteiger charge is 2.34. The zero-order valence-electron chi connectivity index (χ0n) is 19.9. The Morgan fingerprint density at radius 1 is 1.06 bits per heavy atom. The van der Waals surface area contributed by atoms with E-state index in [1.807, 2.05) is 37.2 Å². The van der Waals surface area contributed by atoms with Gasteiger partial charge in [-0.05, 0) is 55.8 Å². The van der Waals surface area contributed by atoms with Gasteiger partial charge in [-0.25, -0.2) is 4.39 Å². The molecule has 1 aromatic carbocycles. The smallest absolute Gasteiger partial charge is 0.353 e. The van der Waals surface area contributed by atoms with Gasteiger partial charge in [0, 0.05) is 50.5 Å². The number of alkyl halides is 3. The average molecular weight is 500 g/mol. The Kier molecular flexibility index (Phi) is 6.33. The summed E-state index contributed by atoms with van der Waals surface area (Å²) in [7, 11) is 3.65. The van der Waals surface area contributed by atoms with E-state index >= 15 is 0 Å². The van der Waals surface area contributed by atoms with E-state index < -0.39 is 17.6 Å². The van der Waals surface area contributed by atoms with Crippen LogP contribution in [0, 0.1) is 5.82 Å². The number of aryl methyl sites for hydroxylation is 1. The van der Waals surface area contributed by atoms with Crippen LogP contribution in [0.4, 0.5) is 23.4 Å². The maximum atomic E-state index is 13.5. The molecule has 188 valence electrons. The highest BCUT2D eigenvalue weighted by atomic mass is 19.4. The minimum atomic E-state index is -4.60. The van der Waals surface area contributed by atoms with E-state index in [4.69, 9.17) is 0 Å². The van der Waals surface area contributed by atoms with E-state index in [0.29, 0.717) is 30.7 Å². The van der Waals surface area contributed by atoms with E-state index in [2.05, 4.69) is 25.2 Å². The first-order chi connectivity index (χ1) is 17.2. The number of nitrogens with zero attached hydrogens (tertiary/aromatic N) is 7. The van der Waals surface area contributed by atoms with Gasteiger partial charge in [0.1, 0.15) is 17.0 Å². The standard InChI is InChI=1S/C25H25F4N7/c1-34(15-16-5-6-17(26)14-20(16)25(27,28)29)18-8-12-36(13-9-18)24-23-19(4-3-10-30-23)22(32-33-24)21-7-11-31-35(21)2/h3-7,10-11,14,18H,8-9,12-13,15H2,1-2H3. The van der Waals surface area contributed by atoms with Crippen molar-refractivity contribution in [3.05, 3.63) is 65.7 Å². The highest BCUT2D eigenvalue weighted by Crippen LogP contribution is 2.34. The number of benzene rings is 1. The van der Waals surface area contributed by atoms with Crippen LogP contribution >= 0.6 is 0 Å². The van der Waals surface area contributed by atoms with E-state index in [-0.39, 0.29) is 18.2 Å². The number of aromatic nitrogens is 5. The molecule has 5 rings (SSSR count). The van der Waals surface area contributed by atoms with Gasteiger partial charge in [0.15, 0.2) is 5.82 Å². The second-order valence-electron chi connectivity index (χ2n) is 9.04. The van der Waals surface area contributed by atoms with Gasteiger partial charge in [-0.3, -0.25) is 14.6 Å². The molecule has 1 aliphatic heterocycles. The fourth-order valence-corrected chi connectivity index (χ4v) is 4.85. The molecule has 1 saturated heterocycles. The van der Waals surface area contributed by atoms with Crippen molar-refractivity contribution in [2.75, 3.05) is 25.0 Å². The summed E-state index contributed by atoms with van der Waals surface area (Å²) in [6.07, 6.45) is 0.299. The largest absolute Gasteiger partial charge is 0.416 e. The van der Waals surface area contributed by atoms with Crippen LogP contribution in [0.25, 0.3) is 22.3 Å². The maximum Gasteiger partial charge on any atom is 0.416 e. The predicted molar refractivity (Wildman–Crippen MR) is 128 cm³/mol. The molecule has 36 heavy (non-hydrogen) atoms. The molecule has 4 heterocycles. The van der Waals surface area contributed by atoms with Crippen LogP contribution in [0.2, 0.25) is 0 Å². The van der Waals surface area contributed by atoms with Gasteiger partial charge in [-0.15, -0.1) is 10.2 Å². The average Bonchev–Trinajstić information content (AvgIpc) is 3.29. The van der Waals surface area contributed by atoms with Gasteiger partial charge in [-0.2, -0.15) is 18.3 Å². The van der Waals surface area contributed by atoms with E-state index in [9.17, 15) is 17.6 Å². The summed E-state index contributed by atoms with van der Waals surface area (Å²) in [5.41, 5.74) is 1.44. The number of hydrogen-bond acceptors (Lipinski definition) is 6. The number of rotatable bonds is 5. The molecule has 0 aliphatic carbocycles. The zero-order valence-corrected chi connectivity index (χ0v) is 19.9. The maximum absolute atomic E-state index is 13.5. The van der Waals surface area contributed by atoms with Crippen LogP contribution in [-0.4, -0.2) is 56.0 Å². The van der Waals surface area contributed by atoms with Crippen LogP contribution in [-0.2, 0) is 19.8 Å². The molecule has 1 aliphatic rings. The van der Waals surface area contributed by atoms with E-state index in [0.717, 1.165) is 35.5 Å². The molecule has 7 nitrogen and oxygen atoms in total. The molecule has 11 heteroatoms. The minimum Gasteiger partial charge on any atom is -0.353 e. The Bertz CT molecular complexity index is 1380. The van der Waals surface area contributed by atoms with Gasteiger partial charge in [0.05, 0.1) is 11.3 Å². The molecule has 0 saturated carbocycles. The van der Waals surface area contributed by atoms with Crippen LogP contribution in [0.5, 0.6) is 0 Å². The first-order valence-corrected chi connectivity index (χ1v) is 11.6. The number of pyridine rings is 1. The number of piperidine rings is 1. The van der Waals surface area contributed by atoms with Crippen molar-refractivity contribution in [2.24, 2.45) is 7.05 Å². The molecule has 0 radical (unpaired) electrons. The Balaban J connectivity index is 1.33. The molecular weight excluding hydrogens is 474 g/mol. The SMILES string of the molecule is CN(Cc1ccc(F)cc1C(F)(F)F)C1CCN(c2nnc(-c3ccnn3C)c3cccnc23)CC1. The fourth-order valence-electron chi connectivity index (χ4n) is 4.85. The lowest BCUT2D eigenvalue weighted by Crippen LogP contribution is -2.43. The van der Waals surface area contributed by atoms with E-state index in [1.54, 1.807) is 17.1 Å². The van der Waals surface area contributed by atoms with Crippen molar-refractivity contribution in [1.82, 2.24) is 29.9 Å². The molecule has 1 fully saturated rings. The van der Waals surface area contributed by atoms with E-state index in [1.165, 1.54) is 6.07 Å². The number of anilines is 1. The van der Waals surface area contributed by atoms with Crippen molar-refractivity contribution >= 4 is 16.7 Å². The third-order valence-corrected chi connectivity index (χ3v) is 6.77. The summed E-state index contributed by atoms with van der Waals surface area (Å²) >= 11 is 0. The molecule has 0 atom stereocenters. The quantitative estimate of drug-likeness (QED) is 0.372. The second kappa shape index (κ2) is 9.45. The molecule has 4 aromatic rings. The molecule has 3 aromatic heterocycles. The van der Waals surface area contributed by atoms with Crippen molar-refractivity contribution < 1.29 is 17.6 Å². The summed E-state index contributed by atoms with van der Waals surface area (Å²) in [5.74, 6) is -0.200. The Hall–Kier alpha value is -3.60. The summed E-state index contributed by atoms with van der Waals surface area (Å²) < 4.78 is 55.4. The Morgan fingerprint density at radius 2 is 1.83 bits per heavy atom. The van der Waals surface area contributed by atoms with Crippen molar-refractivity contribution in [3.63, 3.8) is 0 Å². The summed E-state index contributed by atoms with van der Waals surface area (Å²) in [6, 6.07) is 8.64. The van der Waals surface area contributed by atoms with Crippen molar-refractivity contribution in [2.45, 2.75) is 31.6 Å². The summed E-state index contributed by atoms with van der Waals surface area (Å²) in [5, 5.41) is 14.1. The third-order valence-electron chi connectivity index (χ3n) is 6.77. The lowest BCUT2D eigenvalue weighted by atomic mass is 10.0. The minimum absolute atomic E-state index is 0.0700. The first-order valence-electron chi connectivity index (χ1n) is 11.6. The van der Waals surface area contributed by atoms with Crippen molar-refractivity contribution in [1.29, 1.82) is 0 Å². The topological polar surface area (TPSA) is 63.0 Å².